The third kappa shape index (κ3) is 5.21. The van der Waals surface area contributed by atoms with E-state index >= 15 is 0 Å². The van der Waals surface area contributed by atoms with Gasteiger partial charge >= 0.3 is 0 Å². The van der Waals surface area contributed by atoms with Gasteiger partial charge in [-0.1, -0.05) is 6.92 Å². The lowest BCUT2D eigenvalue weighted by Crippen LogP contribution is -2.41. The first kappa shape index (κ1) is 21.4. The number of likely N-dealkylation sites (tertiary alicyclic amines) is 1. The minimum absolute atomic E-state index is 0.0262. The summed E-state index contributed by atoms with van der Waals surface area (Å²) in [5.41, 5.74) is 1.10. The van der Waals surface area contributed by atoms with Crippen molar-refractivity contribution in [3.63, 3.8) is 0 Å². The normalized spacial score (nSPS) is 22.2. The fourth-order valence-corrected chi connectivity index (χ4v) is 4.00. The standard InChI is InChI=1S/C22H33N3O4/c1-5-18-14-24(12-16-10-19(28-4)6-7-20(16)29-18)9-8-23-22(27)17-11-21(26)25(13-17)15(2)3/h6-7,10,15,17-18H,5,8-9,11-14H2,1-4H3,(H,23,27)/t17-,18+/m0/s1. The average molecular weight is 404 g/mol. The summed E-state index contributed by atoms with van der Waals surface area (Å²) in [6.07, 6.45) is 1.35. The molecule has 1 saturated heterocycles. The number of ether oxygens (including phenoxy) is 2. The number of methoxy groups -OCH3 is 1. The molecule has 2 aliphatic rings. The topological polar surface area (TPSA) is 71.1 Å². The van der Waals surface area contributed by atoms with Crippen molar-refractivity contribution in [2.75, 3.05) is 33.3 Å². The van der Waals surface area contributed by atoms with Gasteiger partial charge in [-0.15, -0.1) is 0 Å². The molecule has 29 heavy (non-hydrogen) atoms. The van der Waals surface area contributed by atoms with Gasteiger partial charge in [0.1, 0.15) is 17.6 Å². The van der Waals surface area contributed by atoms with Crippen LogP contribution in [0, 0.1) is 5.92 Å². The molecular formula is C22H33N3O4. The van der Waals surface area contributed by atoms with Crippen LogP contribution >= 0.6 is 0 Å². The molecule has 160 valence electrons. The Labute approximate surface area is 173 Å². The van der Waals surface area contributed by atoms with Crippen molar-refractivity contribution in [3.8, 4) is 11.5 Å². The molecule has 1 aromatic carbocycles. The Morgan fingerprint density at radius 2 is 2.14 bits per heavy atom. The molecule has 7 nitrogen and oxygen atoms in total. The highest BCUT2D eigenvalue weighted by atomic mass is 16.5. The SMILES string of the molecule is CC[C@@H]1CN(CCNC(=O)[C@H]2CC(=O)N(C(C)C)C2)Cc2cc(OC)ccc2O1. The second-order valence-corrected chi connectivity index (χ2v) is 8.19. The van der Waals surface area contributed by atoms with Gasteiger partial charge < -0.3 is 19.7 Å². The quantitative estimate of drug-likeness (QED) is 0.754. The number of fused-ring (bicyclic) bond motifs is 1. The van der Waals surface area contributed by atoms with E-state index in [0.29, 0.717) is 19.5 Å². The molecule has 2 amide bonds. The Bertz CT molecular complexity index is 737. The fourth-order valence-electron chi connectivity index (χ4n) is 4.00. The molecular weight excluding hydrogens is 370 g/mol. The van der Waals surface area contributed by atoms with Crippen LogP contribution in [-0.2, 0) is 16.1 Å². The third-order valence-corrected chi connectivity index (χ3v) is 5.75. The van der Waals surface area contributed by atoms with E-state index in [4.69, 9.17) is 9.47 Å². The second kappa shape index (κ2) is 9.48. The molecule has 0 saturated carbocycles. The van der Waals surface area contributed by atoms with Crippen LogP contribution in [0.15, 0.2) is 18.2 Å². The molecule has 2 aliphatic heterocycles. The number of carbonyl (C=O) groups is 2. The van der Waals surface area contributed by atoms with Gasteiger partial charge in [-0.3, -0.25) is 14.5 Å². The van der Waals surface area contributed by atoms with Gasteiger partial charge in [0, 0.05) is 50.7 Å². The number of hydrogen-bond donors (Lipinski definition) is 1. The number of rotatable bonds is 7. The molecule has 7 heteroatoms. The summed E-state index contributed by atoms with van der Waals surface area (Å²) in [6.45, 7) is 9.46. The van der Waals surface area contributed by atoms with E-state index in [2.05, 4.69) is 17.1 Å². The first-order chi connectivity index (χ1) is 13.9. The van der Waals surface area contributed by atoms with Crippen molar-refractivity contribution in [1.82, 2.24) is 15.1 Å². The molecule has 0 radical (unpaired) electrons. The van der Waals surface area contributed by atoms with Crippen LogP contribution in [0.25, 0.3) is 0 Å². The van der Waals surface area contributed by atoms with E-state index in [9.17, 15) is 9.59 Å². The predicted molar refractivity (Wildman–Crippen MR) is 111 cm³/mol. The van der Waals surface area contributed by atoms with Crippen LogP contribution in [0.4, 0.5) is 0 Å². The first-order valence-electron chi connectivity index (χ1n) is 10.5. The number of benzene rings is 1. The molecule has 1 aromatic rings. The first-order valence-corrected chi connectivity index (χ1v) is 10.5. The molecule has 1 N–H and O–H groups in total. The van der Waals surface area contributed by atoms with E-state index in [0.717, 1.165) is 43.1 Å². The lowest BCUT2D eigenvalue weighted by Gasteiger charge is -2.23. The zero-order valence-corrected chi connectivity index (χ0v) is 17.9. The average Bonchev–Trinajstić information content (AvgIpc) is 3.00. The molecule has 2 atom stereocenters. The maximum absolute atomic E-state index is 12.5. The van der Waals surface area contributed by atoms with Crippen molar-refractivity contribution >= 4 is 11.8 Å². The Morgan fingerprint density at radius 1 is 1.34 bits per heavy atom. The second-order valence-electron chi connectivity index (χ2n) is 8.19. The number of hydrogen-bond acceptors (Lipinski definition) is 5. The lowest BCUT2D eigenvalue weighted by atomic mass is 10.1. The van der Waals surface area contributed by atoms with Crippen LogP contribution in [0.3, 0.4) is 0 Å². The summed E-state index contributed by atoms with van der Waals surface area (Å²) in [5.74, 6) is 1.52. The van der Waals surface area contributed by atoms with Crippen LogP contribution in [0.2, 0.25) is 0 Å². The number of carbonyl (C=O) groups excluding carboxylic acids is 2. The van der Waals surface area contributed by atoms with Crippen LogP contribution in [-0.4, -0.2) is 67.0 Å². The van der Waals surface area contributed by atoms with Crippen LogP contribution in [0.1, 0.15) is 39.2 Å². The van der Waals surface area contributed by atoms with Gasteiger partial charge in [-0.05, 0) is 38.5 Å². The Balaban J connectivity index is 1.55. The molecule has 1 fully saturated rings. The maximum Gasteiger partial charge on any atom is 0.225 e. The molecule has 0 aliphatic carbocycles. The Morgan fingerprint density at radius 3 is 2.79 bits per heavy atom. The van der Waals surface area contributed by atoms with E-state index in [1.165, 1.54) is 0 Å². The van der Waals surface area contributed by atoms with E-state index in [1.54, 1.807) is 12.0 Å². The van der Waals surface area contributed by atoms with E-state index in [-0.39, 0.29) is 29.9 Å². The van der Waals surface area contributed by atoms with Crippen LogP contribution in [0.5, 0.6) is 11.5 Å². The van der Waals surface area contributed by atoms with E-state index in [1.807, 2.05) is 32.0 Å². The van der Waals surface area contributed by atoms with Gasteiger partial charge in [0.15, 0.2) is 0 Å². The summed E-state index contributed by atoms with van der Waals surface area (Å²) in [7, 11) is 1.66. The maximum atomic E-state index is 12.5. The van der Waals surface area contributed by atoms with Gasteiger partial charge in [0.05, 0.1) is 13.0 Å². The van der Waals surface area contributed by atoms with Crippen molar-refractivity contribution in [2.45, 2.75) is 52.3 Å². The predicted octanol–water partition coefficient (Wildman–Crippen LogP) is 2.04. The summed E-state index contributed by atoms with van der Waals surface area (Å²) in [6, 6.07) is 6.05. The van der Waals surface area contributed by atoms with Crippen molar-refractivity contribution < 1.29 is 19.1 Å². The smallest absolute Gasteiger partial charge is 0.225 e. The van der Waals surface area contributed by atoms with Crippen molar-refractivity contribution in [1.29, 1.82) is 0 Å². The summed E-state index contributed by atoms with van der Waals surface area (Å²) < 4.78 is 11.5. The summed E-state index contributed by atoms with van der Waals surface area (Å²) in [5, 5.41) is 3.03. The summed E-state index contributed by atoms with van der Waals surface area (Å²) in [4.78, 5) is 28.7. The molecule has 0 spiro atoms. The molecule has 0 unspecified atom stereocenters. The lowest BCUT2D eigenvalue weighted by molar-refractivity contribution is -0.129. The van der Waals surface area contributed by atoms with Crippen LogP contribution < -0.4 is 14.8 Å². The fraction of sp³-hybridized carbons (Fsp3) is 0.636. The minimum Gasteiger partial charge on any atom is -0.497 e. The van der Waals surface area contributed by atoms with Gasteiger partial charge in [0.25, 0.3) is 0 Å². The minimum atomic E-state index is -0.245. The Hall–Kier alpha value is -2.28. The van der Waals surface area contributed by atoms with Gasteiger partial charge in [0.2, 0.25) is 11.8 Å². The number of amides is 2. The molecule has 2 heterocycles. The van der Waals surface area contributed by atoms with Crippen molar-refractivity contribution in [2.24, 2.45) is 5.92 Å². The van der Waals surface area contributed by atoms with E-state index < -0.39 is 0 Å². The summed E-state index contributed by atoms with van der Waals surface area (Å²) >= 11 is 0. The largest absolute Gasteiger partial charge is 0.497 e. The third-order valence-electron chi connectivity index (χ3n) is 5.75. The Kier molecular flexibility index (Phi) is 7.00. The highest BCUT2D eigenvalue weighted by molar-refractivity contribution is 5.89. The van der Waals surface area contributed by atoms with Crippen molar-refractivity contribution in [3.05, 3.63) is 23.8 Å². The molecule has 0 bridgehead atoms. The van der Waals surface area contributed by atoms with Gasteiger partial charge in [-0.25, -0.2) is 0 Å². The highest BCUT2D eigenvalue weighted by Crippen LogP contribution is 2.29. The van der Waals surface area contributed by atoms with Gasteiger partial charge in [-0.2, -0.15) is 0 Å². The number of nitrogens with one attached hydrogen (secondary N) is 1. The number of nitrogens with zero attached hydrogens (tertiary/aromatic N) is 2. The zero-order chi connectivity index (χ0) is 21.0. The molecule has 3 rings (SSSR count). The highest BCUT2D eigenvalue weighted by Gasteiger charge is 2.35. The molecule has 0 aromatic heterocycles. The monoisotopic (exact) mass is 403 g/mol. The zero-order valence-electron chi connectivity index (χ0n) is 17.9.